The molecule has 0 aliphatic rings. The van der Waals surface area contributed by atoms with Gasteiger partial charge in [0, 0.05) is 5.57 Å². The van der Waals surface area contributed by atoms with Crippen molar-refractivity contribution in [3.05, 3.63) is 23.3 Å². The maximum Gasteiger partial charge on any atom is 0.0681 e. The van der Waals surface area contributed by atoms with Gasteiger partial charge >= 0.3 is 0 Å². The molecule has 0 aromatic heterocycles. The Morgan fingerprint density at radius 3 is 2.58 bits per heavy atom. The molecule has 0 rings (SSSR count). The Kier molecular flexibility index (Phi) is 5.49. The van der Waals surface area contributed by atoms with Crippen LogP contribution in [-0.2, 0) is 0 Å². The third kappa shape index (κ3) is 4.36. The summed E-state index contributed by atoms with van der Waals surface area (Å²) < 4.78 is 0. The van der Waals surface area contributed by atoms with Crippen molar-refractivity contribution in [2.75, 3.05) is 0 Å². The molecule has 62 valence electrons. The van der Waals surface area contributed by atoms with Gasteiger partial charge in [0.2, 0.25) is 0 Å². The van der Waals surface area contributed by atoms with Crippen molar-refractivity contribution < 1.29 is 0 Å². The fourth-order valence-corrected chi connectivity index (χ4v) is 0.604. The first-order valence-electron chi connectivity index (χ1n) is 3.94. The molecule has 0 unspecified atom stereocenters. The van der Waals surface area contributed by atoms with E-state index in [0.717, 1.165) is 12.0 Å². The number of terminal acetylenes is 1. The quantitative estimate of drug-likeness (QED) is 0.459. The molecule has 0 saturated heterocycles. The Morgan fingerprint density at radius 1 is 1.50 bits per heavy atom. The van der Waals surface area contributed by atoms with Gasteiger partial charge in [-0.3, -0.25) is 0 Å². The number of nitrogens with zero attached hydrogens (tertiary/aromatic N) is 1. The van der Waals surface area contributed by atoms with Crippen molar-refractivity contribution in [1.82, 2.24) is 0 Å². The van der Waals surface area contributed by atoms with Crippen molar-refractivity contribution in [2.45, 2.75) is 26.7 Å². The Balaban J connectivity index is 4.34. The SMILES string of the molecule is C#C/C(=C\C=C(/C)CC)CC#N. The molecule has 0 bridgehead atoms. The second-order valence-corrected chi connectivity index (χ2v) is 2.54. The molecule has 0 spiro atoms. The predicted octanol–water partition coefficient (Wildman–Crippen LogP) is 2.82. The van der Waals surface area contributed by atoms with Crippen LogP contribution in [0, 0.1) is 23.7 Å². The van der Waals surface area contributed by atoms with Gasteiger partial charge in [-0.1, -0.05) is 24.5 Å². The van der Waals surface area contributed by atoms with Gasteiger partial charge in [0.25, 0.3) is 0 Å². The largest absolute Gasteiger partial charge is 0.198 e. The van der Waals surface area contributed by atoms with Crippen LogP contribution in [0.25, 0.3) is 0 Å². The van der Waals surface area contributed by atoms with Gasteiger partial charge in [0.05, 0.1) is 12.5 Å². The van der Waals surface area contributed by atoms with Gasteiger partial charge in [0.1, 0.15) is 0 Å². The molecule has 0 amide bonds. The topological polar surface area (TPSA) is 23.8 Å². The second kappa shape index (κ2) is 6.25. The number of nitriles is 1. The van der Waals surface area contributed by atoms with Crippen molar-refractivity contribution in [1.29, 1.82) is 5.26 Å². The van der Waals surface area contributed by atoms with Crippen molar-refractivity contribution >= 4 is 0 Å². The summed E-state index contributed by atoms with van der Waals surface area (Å²) in [5.41, 5.74) is 2.01. The molecule has 0 fully saturated rings. The summed E-state index contributed by atoms with van der Waals surface area (Å²) in [5.74, 6) is 2.48. The first-order valence-corrected chi connectivity index (χ1v) is 3.94. The summed E-state index contributed by atoms with van der Waals surface area (Å²) in [4.78, 5) is 0. The van der Waals surface area contributed by atoms with Gasteiger partial charge in [0.15, 0.2) is 0 Å². The zero-order valence-electron chi connectivity index (χ0n) is 7.59. The molecule has 0 aliphatic heterocycles. The van der Waals surface area contributed by atoms with E-state index < -0.39 is 0 Å². The monoisotopic (exact) mass is 159 g/mol. The minimum absolute atomic E-state index is 0.323. The molecule has 12 heavy (non-hydrogen) atoms. The van der Waals surface area contributed by atoms with Crippen molar-refractivity contribution in [2.24, 2.45) is 0 Å². The number of hydrogen-bond donors (Lipinski definition) is 0. The molecule has 0 saturated carbocycles. The van der Waals surface area contributed by atoms with Crippen LogP contribution in [0.3, 0.4) is 0 Å². The number of rotatable bonds is 3. The molecule has 0 heterocycles. The Morgan fingerprint density at radius 2 is 2.17 bits per heavy atom. The average molecular weight is 159 g/mol. The third-order valence-electron chi connectivity index (χ3n) is 1.58. The van der Waals surface area contributed by atoms with E-state index in [2.05, 4.69) is 12.8 Å². The first-order chi connectivity index (χ1) is 5.74. The molecule has 0 aliphatic carbocycles. The summed E-state index contributed by atoms with van der Waals surface area (Å²) in [6.45, 7) is 4.12. The highest BCUT2D eigenvalue weighted by molar-refractivity contribution is 5.32. The van der Waals surface area contributed by atoms with E-state index >= 15 is 0 Å². The van der Waals surface area contributed by atoms with Gasteiger partial charge < -0.3 is 0 Å². The van der Waals surface area contributed by atoms with Crippen LogP contribution in [0.1, 0.15) is 26.7 Å². The Hall–Kier alpha value is -1.47. The maximum absolute atomic E-state index is 8.38. The van der Waals surface area contributed by atoms with Gasteiger partial charge in [-0.25, -0.2) is 0 Å². The molecule has 0 aromatic carbocycles. The summed E-state index contributed by atoms with van der Waals surface area (Å²) in [6.07, 6.45) is 10.3. The number of hydrogen-bond acceptors (Lipinski definition) is 1. The highest BCUT2D eigenvalue weighted by atomic mass is 14.2. The standard InChI is InChI=1S/C11H13N/c1-4-10(3)6-7-11(5-2)8-9-12/h2,6-7H,4,8H2,1,3H3/b10-6+,11-7+. The first kappa shape index (κ1) is 10.5. The Labute approximate surface area is 74.4 Å². The van der Waals surface area contributed by atoms with Crippen LogP contribution in [-0.4, -0.2) is 0 Å². The van der Waals surface area contributed by atoms with Crippen molar-refractivity contribution in [3.63, 3.8) is 0 Å². The van der Waals surface area contributed by atoms with Crippen molar-refractivity contribution in [3.8, 4) is 18.4 Å². The van der Waals surface area contributed by atoms with Crippen LogP contribution in [0.5, 0.6) is 0 Å². The zero-order valence-corrected chi connectivity index (χ0v) is 7.59. The van der Waals surface area contributed by atoms with Gasteiger partial charge in [-0.15, -0.1) is 6.42 Å². The normalized spacial score (nSPS) is 12.0. The van der Waals surface area contributed by atoms with Crippen LogP contribution < -0.4 is 0 Å². The minimum Gasteiger partial charge on any atom is -0.198 e. The van der Waals surface area contributed by atoms with E-state index in [0.29, 0.717) is 6.42 Å². The summed E-state index contributed by atoms with van der Waals surface area (Å²) in [5, 5.41) is 8.38. The lowest BCUT2D eigenvalue weighted by molar-refractivity contribution is 1.10. The van der Waals surface area contributed by atoms with Crippen LogP contribution in [0.4, 0.5) is 0 Å². The molecular weight excluding hydrogens is 146 g/mol. The maximum atomic E-state index is 8.38. The van der Waals surface area contributed by atoms with Gasteiger partial charge in [-0.2, -0.15) is 5.26 Å². The third-order valence-corrected chi connectivity index (χ3v) is 1.58. The van der Waals surface area contributed by atoms with E-state index in [9.17, 15) is 0 Å². The van der Waals surface area contributed by atoms with E-state index in [1.165, 1.54) is 5.57 Å². The summed E-state index contributed by atoms with van der Waals surface area (Å²) >= 11 is 0. The fraction of sp³-hybridized carbons (Fsp3) is 0.364. The lowest BCUT2D eigenvalue weighted by Crippen LogP contribution is -1.75. The van der Waals surface area contributed by atoms with E-state index in [-0.39, 0.29) is 0 Å². The molecule has 1 heteroatoms. The van der Waals surface area contributed by atoms with E-state index in [1.54, 1.807) is 0 Å². The highest BCUT2D eigenvalue weighted by Gasteiger charge is 1.88. The van der Waals surface area contributed by atoms with E-state index in [1.807, 2.05) is 25.1 Å². The van der Waals surface area contributed by atoms with Crippen LogP contribution >= 0.6 is 0 Å². The van der Waals surface area contributed by atoms with Crippen LogP contribution in [0.2, 0.25) is 0 Å². The van der Waals surface area contributed by atoms with E-state index in [4.69, 9.17) is 11.7 Å². The summed E-state index contributed by atoms with van der Waals surface area (Å²) in [6, 6.07) is 2.02. The molecule has 1 nitrogen and oxygen atoms in total. The molecule has 0 N–H and O–H groups in total. The highest BCUT2D eigenvalue weighted by Crippen LogP contribution is 2.03. The smallest absolute Gasteiger partial charge is 0.0681 e. The molecule has 0 aromatic rings. The second-order valence-electron chi connectivity index (χ2n) is 2.54. The zero-order chi connectivity index (χ0) is 9.40. The Bertz CT molecular complexity index is 268. The predicted molar refractivity (Wildman–Crippen MR) is 51.2 cm³/mol. The van der Waals surface area contributed by atoms with Crippen LogP contribution in [0.15, 0.2) is 23.3 Å². The fourth-order valence-electron chi connectivity index (χ4n) is 0.604. The molecular formula is C11H13N. The average Bonchev–Trinajstić information content (AvgIpc) is 2.11. The lowest BCUT2D eigenvalue weighted by Gasteiger charge is -1.91. The summed E-state index contributed by atoms with van der Waals surface area (Å²) in [7, 11) is 0. The minimum atomic E-state index is 0.323. The lowest BCUT2D eigenvalue weighted by atomic mass is 10.1. The number of allylic oxidation sites excluding steroid dienone is 4. The molecule has 0 atom stereocenters. The van der Waals surface area contributed by atoms with Gasteiger partial charge in [-0.05, 0) is 19.4 Å². The molecule has 0 radical (unpaired) electrons.